The Kier molecular flexibility index (Phi) is 6.89. The van der Waals surface area contributed by atoms with Crippen molar-refractivity contribution in [1.82, 2.24) is 9.38 Å². The van der Waals surface area contributed by atoms with E-state index in [0.717, 1.165) is 60.2 Å². The lowest BCUT2D eigenvalue weighted by atomic mass is 9.76. The highest BCUT2D eigenvalue weighted by molar-refractivity contribution is 6.04. The minimum atomic E-state index is -4.49. The van der Waals surface area contributed by atoms with Gasteiger partial charge < -0.3 is 9.72 Å². The summed E-state index contributed by atoms with van der Waals surface area (Å²) in [4.78, 5) is 29.3. The van der Waals surface area contributed by atoms with Crippen LogP contribution in [0, 0.1) is 5.92 Å². The standard InChI is InChI=1S/C30H26F3N3O2/c1-2-28(37)22-6-3-5-21(15-22)25-17-27(36-18-34-14-13-26(25)36)19-9-11-20(12-10-19)29(38)35-24-8-4-7-23(16-24)30(31,32)33/h2,4,7-14,16-18,21-22H,1,3,5-6,15H2,(H,35,38). The van der Waals surface area contributed by atoms with Crippen LogP contribution < -0.4 is 5.32 Å². The number of carbonyl (C=O) groups excluding carboxylic acids is 2. The van der Waals surface area contributed by atoms with E-state index in [9.17, 15) is 22.8 Å². The lowest BCUT2D eigenvalue weighted by Crippen LogP contribution is -2.20. The molecule has 0 bridgehead atoms. The highest BCUT2D eigenvalue weighted by atomic mass is 19.4. The summed E-state index contributed by atoms with van der Waals surface area (Å²) >= 11 is 0. The van der Waals surface area contributed by atoms with Crippen LogP contribution in [-0.4, -0.2) is 21.1 Å². The molecule has 1 fully saturated rings. The third-order valence-corrected chi connectivity index (χ3v) is 7.22. The second-order valence-electron chi connectivity index (χ2n) is 9.60. The number of nitrogens with one attached hydrogen (secondary N) is 1. The first-order valence-electron chi connectivity index (χ1n) is 12.4. The molecule has 0 aliphatic heterocycles. The van der Waals surface area contributed by atoms with Crippen molar-refractivity contribution in [3.8, 4) is 11.3 Å². The van der Waals surface area contributed by atoms with Gasteiger partial charge in [-0.25, -0.2) is 4.98 Å². The van der Waals surface area contributed by atoms with Crippen molar-refractivity contribution < 1.29 is 22.8 Å². The molecular weight excluding hydrogens is 491 g/mol. The molecule has 194 valence electrons. The number of hydrogen-bond donors (Lipinski definition) is 1. The Balaban J connectivity index is 1.40. The van der Waals surface area contributed by atoms with Crippen molar-refractivity contribution >= 4 is 22.9 Å². The highest BCUT2D eigenvalue weighted by Crippen LogP contribution is 2.41. The molecular formula is C30H26F3N3O2. The fraction of sp³-hybridized carbons (Fsp3) is 0.233. The number of aromatic nitrogens is 2. The number of ketones is 1. The van der Waals surface area contributed by atoms with Gasteiger partial charge in [-0.15, -0.1) is 0 Å². The normalized spacial score (nSPS) is 17.8. The van der Waals surface area contributed by atoms with Crippen LogP contribution in [-0.2, 0) is 11.0 Å². The summed E-state index contributed by atoms with van der Waals surface area (Å²) in [6.45, 7) is 3.65. The number of benzene rings is 2. The molecule has 2 aromatic heterocycles. The number of halogens is 3. The Labute approximate surface area is 218 Å². The average Bonchev–Trinajstić information content (AvgIpc) is 3.32. The van der Waals surface area contributed by atoms with Crippen LogP contribution in [0.25, 0.3) is 16.8 Å². The maximum absolute atomic E-state index is 13.0. The Morgan fingerprint density at radius 2 is 1.84 bits per heavy atom. The lowest BCUT2D eigenvalue weighted by molar-refractivity contribution is -0.137. The zero-order valence-electron chi connectivity index (χ0n) is 20.5. The SMILES string of the molecule is C=CC(=O)C1CCCC(c2cc(-c3ccc(C(=O)Nc4cccc(C(F)(F)F)c4)cc3)n3cnccc23)C1. The van der Waals surface area contributed by atoms with Crippen molar-refractivity contribution in [3.05, 3.63) is 103 Å². The Morgan fingerprint density at radius 3 is 2.58 bits per heavy atom. The molecule has 0 saturated heterocycles. The van der Waals surface area contributed by atoms with Gasteiger partial charge in [-0.1, -0.05) is 31.2 Å². The molecule has 2 aromatic carbocycles. The summed E-state index contributed by atoms with van der Waals surface area (Å²) in [6.07, 6.45) is 4.06. The van der Waals surface area contributed by atoms with Crippen LogP contribution in [0.4, 0.5) is 18.9 Å². The van der Waals surface area contributed by atoms with E-state index in [1.807, 2.05) is 22.6 Å². The first-order chi connectivity index (χ1) is 18.2. The largest absolute Gasteiger partial charge is 0.416 e. The zero-order valence-corrected chi connectivity index (χ0v) is 20.5. The first kappa shape index (κ1) is 25.4. The van der Waals surface area contributed by atoms with Crippen LogP contribution in [0.15, 0.2) is 85.8 Å². The smallest absolute Gasteiger partial charge is 0.322 e. The van der Waals surface area contributed by atoms with Crippen LogP contribution in [0.2, 0.25) is 0 Å². The first-order valence-corrected chi connectivity index (χ1v) is 12.4. The molecule has 2 unspecified atom stereocenters. The summed E-state index contributed by atoms with van der Waals surface area (Å²) in [5.74, 6) is -0.181. The number of alkyl halides is 3. The zero-order chi connectivity index (χ0) is 26.9. The van der Waals surface area contributed by atoms with Crippen molar-refractivity contribution in [1.29, 1.82) is 0 Å². The predicted octanol–water partition coefficient (Wildman–Crippen LogP) is 7.30. The number of amides is 1. The van der Waals surface area contributed by atoms with Crippen LogP contribution in [0.1, 0.15) is 53.1 Å². The van der Waals surface area contributed by atoms with Crippen molar-refractivity contribution in [2.75, 3.05) is 5.32 Å². The predicted molar refractivity (Wildman–Crippen MR) is 140 cm³/mol. The molecule has 8 heteroatoms. The molecule has 2 heterocycles. The second kappa shape index (κ2) is 10.3. The van der Waals surface area contributed by atoms with Gasteiger partial charge in [0.05, 0.1) is 23.1 Å². The summed E-state index contributed by atoms with van der Waals surface area (Å²) in [7, 11) is 0. The number of rotatable bonds is 6. The maximum Gasteiger partial charge on any atom is 0.416 e. The molecule has 4 aromatic rings. The fourth-order valence-electron chi connectivity index (χ4n) is 5.30. The summed E-state index contributed by atoms with van der Waals surface area (Å²) in [5, 5.41) is 2.54. The lowest BCUT2D eigenvalue weighted by Gasteiger charge is -2.27. The average molecular weight is 518 g/mol. The van der Waals surface area contributed by atoms with Crippen molar-refractivity contribution in [2.45, 2.75) is 37.8 Å². The van der Waals surface area contributed by atoms with E-state index < -0.39 is 17.6 Å². The molecule has 1 aliphatic carbocycles. The highest BCUT2D eigenvalue weighted by Gasteiger charge is 2.31. The summed E-state index contributed by atoms with van der Waals surface area (Å²) in [5.41, 5.74) is 3.53. The van der Waals surface area contributed by atoms with E-state index in [-0.39, 0.29) is 23.3 Å². The molecule has 2 atom stereocenters. The Bertz CT molecular complexity index is 1510. The van der Waals surface area contributed by atoms with Crippen molar-refractivity contribution in [3.63, 3.8) is 0 Å². The van der Waals surface area contributed by atoms with Crippen LogP contribution in [0.5, 0.6) is 0 Å². The molecule has 1 amide bonds. The van der Waals surface area contributed by atoms with Gasteiger partial charge in [0.25, 0.3) is 5.91 Å². The molecule has 5 rings (SSSR count). The maximum atomic E-state index is 13.0. The van der Waals surface area contributed by atoms with Gasteiger partial charge in [-0.3, -0.25) is 9.59 Å². The van der Waals surface area contributed by atoms with Gasteiger partial charge in [0.2, 0.25) is 0 Å². The van der Waals surface area contributed by atoms with E-state index in [2.05, 4.69) is 22.9 Å². The van der Waals surface area contributed by atoms with Gasteiger partial charge in [-0.05, 0) is 84.8 Å². The van der Waals surface area contributed by atoms with Crippen LogP contribution in [0.3, 0.4) is 0 Å². The van der Waals surface area contributed by atoms with E-state index >= 15 is 0 Å². The Hall–Kier alpha value is -4.20. The number of anilines is 1. The number of hydrogen-bond acceptors (Lipinski definition) is 3. The minimum absolute atomic E-state index is 0.0129. The number of fused-ring (bicyclic) bond motifs is 1. The number of carbonyl (C=O) groups is 2. The fourth-order valence-corrected chi connectivity index (χ4v) is 5.30. The van der Waals surface area contributed by atoms with Gasteiger partial charge >= 0.3 is 6.18 Å². The number of allylic oxidation sites excluding steroid dienone is 1. The molecule has 5 nitrogen and oxygen atoms in total. The van der Waals surface area contributed by atoms with Gasteiger partial charge in [0.1, 0.15) is 0 Å². The van der Waals surface area contributed by atoms with Gasteiger partial charge in [0, 0.05) is 23.4 Å². The number of nitrogens with zero attached hydrogens (tertiary/aromatic N) is 2. The third-order valence-electron chi connectivity index (χ3n) is 7.22. The van der Waals surface area contributed by atoms with Gasteiger partial charge in [-0.2, -0.15) is 13.2 Å². The van der Waals surface area contributed by atoms with E-state index in [4.69, 9.17) is 0 Å². The second-order valence-corrected chi connectivity index (χ2v) is 9.60. The topological polar surface area (TPSA) is 63.5 Å². The molecule has 38 heavy (non-hydrogen) atoms. The summed E-state index contributed by atoms with van der Waals surface area (Å²) < 4.78 is 41.0. The minimum Gasteiger partial charge on any atom is -0.322 e. The summed E-state index contributed by atoms with van der Waals surface area (Å²) in [6, 6.07) is 15.5. The van der Waals surface area contributed by atoms with Gasteiger partial charge in [0.15, 0.2) is 5.78 Å². The quantitative estimate of drug-likeness (QED) is 0.273. The van der Waals surface area contributed by atoms with Crippen LogP contribution >= 0.6 is 0 Å². The monoisotopic (exact) mass is 517 g/mol. The van der Waals surface area contributed by atoms with Crippen molar-refractivity contribution in [2.24, 2.45) is 5.92 Å². The molecule has 1 aliphatic rings. The Morgan fingerprint density at radius 1 is 1.05 bits per heavy atom. The van der Waals surface area contributed by atoms with E-state index in [0.29, 0.717) is 5.56 Å². The molecule has 0 radical (unpaired) electrons. The molecule has 0 spiro atoms. The van der Waals surface area contributed by atoms with E-state index in [1.54, 1.807) is 24.7 Å². The third kappa shape index (κ3) is 5.11. The molecule has 1 saturated carbocycles. The molecule has 1 N–H and O–H groups in total. The van der Waals surface area contributed by atoms with E-state index in [1.165, 1.54) is 18.2 Å².